The number of sulfonamides is 1. The Morgan fingerprint density at radius 3 is 2.69 bits per heavy atom. The van der Waals surface area contributed by atoms with E-state index in [1.165, 1.54) is 11.1 Å². The van der Waals surface area contributed by atoms with E-state index in [0.29, 0.717) is 24.9 Å². The molecule has 4 rings (SSSR count). The second kappa shape index (κ2) is 7.48. The molecule has 0 radical (unpaired) electrons. The maximum Gasteiger partial charge on any atom is 0.214 e. The molecule has 6 nitrogen and oxygen atoms in total. The van der Waals surface area contributed by atoms with Crippen LogP contribution in [0, 0.1) is 5.92 Å². The third-order valence-corrected chi connectivity index (χ3v) is 7.77. The third kappa shape index (κ3) is 3.83. The van der Waals surface area contributed by atoms with Crippen molar-refractivity contribution in [2.75, 3.05) is 18.8 Å². The lowest BCUT2D eigenvalue weighted by Crippen LogP contribution is -2.40. The first-order chi connectivity index (χ1) is 12.6. The van der Waals surface area contributed by atoms with Gasteiger partial charge < -0.3 is 0 Å². The first-order valence-corrected chi connectivity index (χ1v) is 11.1. The van der Waals surface area contributed by atoms with Crippen molar-refractivity contribution in [1.29, 1.82) is 0 Å². The fourth-order valence-electron chi connectivity index (χ4n) is 4.33. The second-order valence-electron chi connectivity index (χ2n) is 7.51. The number of aromatic nitrogens is 3. The zero-order valence-electron chi connectivity index (χ0n) is 15.0. The van der Waals surface area contributed by atoms with E-state index in [9.17, 15) is 8.42 Å². The molecule has 7 heteroatoms. The Hall–Kier alpha value is -1.73. The monoisotopic (exact) mass is 374 g/mol. The summed E-state index contributed by atoms with van der Waals surface area (Å²) in [5.74, 6) is 1.13. The summed E-state index contributed by atoms with van der Waals surface area (Å²) in [6.45, 7) is 2.08. The van der Waals surface area contributed by atoms with Gasteiger partial charge in [0.25, 0.3) is 0 Å². The van der Waals surface area contributed by atoms with Gasteiger partial charge in [0.05, 0.1) is 11.9 Å². The van der Waals surface area contributed by atoms with E-state index in [2.05, 4.69) is 34.6 Å². The molecule has 0 saturated carbocycles. The highest BCUT2D eigenvalue weighted by atomic mass is 32.2. The molecular weight excluding hydrogens is 348 g/mol. The molecule has 0 bridgehead atoms. The number of piperidine rings is 1. The first-order valence-electron chi connectivity index (χ1n) is 9.51. The molecule has 26 heavy (non-hydrogen) atoms. The topological polar surface area (TPSA) is 68.1 Å². The molecule has 1 aromatic heterocycles. The third-order valence-electron chi connectivity index (χ3n) is 5.87. The minimum atomic E-state index is -3.16. The van der Waals surface area contributed by atoms with E-state index in [4.69, 9.17) is 0 Å². The zero-order valence-corrected chi connectivity index (χ0v) is 15.8. The first kappa shape index (κ1) is 17.7. The predicted octanol–water partition coefficient (Wildman–Crippen LogP) is 2.44. The molecule has 140 valence electrons. The second-order valence-corrected chi connectivity index (χ2v) is 9.60. The van der Waals surface area contributed by atoms with Crippen LogP contribution in [0.3, 0.4) is 0 Å². The molecule has 0 N–H and O–H groups in total. The highest BCUT2D eigenvalue weighted by molar-refractivity contribution is 7.89. The van der Waals surface area contributed by atoms with Gasteiger partial charge >= 0.3 is 0 Å². The molecule has 2 aromatic rings. The van der Waals surface area contributed by atoms with Gasteiger partial charge in [-0.2, -0.15) is 0 Å². The van der Waals surface area contributed by atoms with Crippen molar-refractivity contribution in [3.8, 4) is 0 Å². The highest BCUT2D eigenvalue weighted by Gasteiger charge is 2.30. The van der Waals surface area contributed by atoms with Crippen LogP contribution in [0.25, 0.3) is 0 Å². The van der Waals surface area contributed by atoms with Gasteiger partial charge in [0, 0.05) is 25.8 Å². The van der Waals surface area contributed by atoms with Gasteiger partial charge in [-0.1, -0.05) is 29.5 Å². The molecule has 2 aliphatic rings. The summed E-state index contributed by atoms with van der Waals surface area (Å²) in [6, 6.07) is 8.46. The Balaban J connectivity index is 1.29. The quantitative estimate of drug-likeness (QED) is 0.779. The molecule has 0 spiro atoms. The standard InChI is InChI=1S/C19H26N4O2S/c24-26(25,14-9-18-6-5-17-3-1-2-4-19(17)18)23-11-7-16(8-12-23)15-22-13-10-20-21-22/h1-4,10,13,16,18H,5-9,11-12,14-15H2. The maximum atomic E-state index is 12.8. The number of hydrogen-bond donors (Lipinski definition) is 0. The summed E-state index contributed by atoms with van der Waals surface area (Å²) < 4.78 is 29.1. The molecule has 2 heterocycles. The van der Waals surface area contributed by atoms with Crippen molar-refractivity contribution in [2.45, 2.75) is 44.6 Å². The van der Waals surface area contributed by atoms with Crippen molar-refractivity contribution < 1.29 is 8.42 Å². The maximum absolute atomic E-state index is 12.8. The summed E-state index contributed by atoms with van der Waals surface area (Å²) in [4.78, 5) is 0. The number of nitrogens with zero attached hydrogens (tertiary/aromatic N) is 4. The van der Waals surface area contributed by atoms with Gasteiger partial charge in [-0.3, -0.25) is 4.68 Å². The molecular formula is C19H26N4O2S. The van der Waals surface area contributed by atoms with Crippen molar-refractivity contribution in [2.24, 2.45) is 5.92 Å². The van der Waals surface area contributed by atoms with Crippen LogP contribution in [0.1, 0.15) is 42.7 Å². The number of hydrogen-bond acceptors (Lipinski definition) is 4. The van der Waals surface area contributed by atoms with E-state index in [1.807, 2.05) is 10.9 Å². The lowest BCUT2D eigenvalue weighted by molar-refractivity contribution is 0.246. The van der Waals surface area contributed by atoms with E-state index < -0.39 is 10.0 Å². The molecule has 1 aliphatic carbocycles. The Morgan fingerprint density at radius 1 is 1.12 bits per heavy atom. The van der Waals surface area contributed by atoms with Crippen LogP contribution >= 0.6 is 0 Å². The van der Waals surface area contributed by atoms with Crippen molar-refractivity contribution in [1.82, 2.24) is 19.3 Å². The molecule has 1 saturated heterocycles. The minimum absolute atomic E-state index is 0.264. The Morgan fingerprint density at radius 2 is 1.92 bits per heavy atom. The van der Waals surface area contributed by atoms with E-state index in [-0.39, 0.29) is 5.75 Å². The summed E-state index contributed by atoms with van der Waals surface area (Å²) in [5, 5.41) is 7.83. The van der Waals surface area contributed by atoms with Gasteiger partial charge in [0.2, 0.25) is 10.0 Å². The van der Waals surface area contributed by atoms with E-state index >= 15 is 0 Å². The van der Waals surface area contributed by atoms with Crippen LogP contribution in [0.2, 0.25) is 0 Å². The highest BCUT2D eigenvalue weighted by Crippen LogP contribution is 2.35. The van der Waals surface area contributed by atoms with Crippen molar-refractivity contribution in [3.05, 3.63) is 47.8 Å². The van der Waals surface area contributed by atoms with E-state index in [1.54, 1.807) is 10.5 Å². The number of fused-ring (bicyclic) bond motifs is 1. The van der Waals surface area contributed by atoms with Crippen LogP contribution in [0.15, 0.2) is 36.7 Å². The predicted molar refractivity (Wildman–Crippen MR) is 100 cm³/mol. The van der Waals surface area contributed by atoms with Gasteiger partial charge in [0.1, 0.15) is 0 Å². The molecule has 1 aromatic carbocycles. The Bertz CT molecular complexity index is 827. The molecule has 1 aliphatic heterocycles. The average Bonchev–Trinajstić information content (AvgIpc) is 3.30. The molecule has 1 unspecified atom stereocenters. The number of rotatable bonds is 6. The van der Waals surface area contributed by atoms with Crippen molar-refractivity contribution in [3.63, 3.8) is 0 Å². The summed E-state index contributed by atoms with van der Waals surface area (Å²) >= 11 is 0. The normalized spacial score (nSPS) is 21.8. The van der Waals surface area contributed by atoms with Crippen molar-refractivity contribution >= 4 is 10.0 Å². The van der Waals surface area contributed by atoms with Gasteiger partial charge in [-0.25, -0.2) is 12.7 Å². The molecule has 1 fully saturated rings. The minimum Gasteiger partial charge on any atom is -0.252 e. The van der Waals surface area contributed by atoms with Crippen LogP contribution in [-0.2, 0) is 23.0 Å². The van der Waals surface area contributed by atoms with Gasteiger partial charge in [-0.05, 0) is 55.1 Å². The average molecular weight is 375 g/mol. The number of aryl methyl sites for hydroxylation is 1. The smallest absolute Gasteiger partial charge is 0.214 e. The number of benzene rings is 1. The summed E-state index contributed by atoms with van der Waals surface area (Å²) in [5.41, 5.74) is 2.75. The summed E-state index contributed by atoms with van der Waals surface area (Å²) in [7, 11) is -3.16. The van der Waals surface area contributed by atoms with Crippen LogP contribution in [-0.4, -0.2) is 46.6 Å². The SMILES string of the molecule is O=S(=O)(CCC1CCc2ccccc21)N1CCC(Cn2ccnn2)CC1. The van der Waals surface area contributed by atoms with Crippen LogP contribution in [0.5, 0.6) is 0 Å². The van der Waals surface area contributed by atoms with E-state index in [0.717, 1.165) is 38.6 Å². The zero-order chi connectivity index (χ0) is 18.0. The lowest BCUT2D eigenvalue weighted by atomic mass is 9.98. The fourth-order valence-corrected chi connectivity index (χ4v) is 5.94. The van der Waals surface area contributed by atoms with Gasteiger partial charge in [0.15, 0.2) is 0 Å². The fraction of sp³-hybridized carbons (Fsp3) is 0.579. The molecule has 0 amide bonds. The van der Waals surface area contributed by atoms with Gasteiger partial charge in [-0.15, -0.1) is 5.10 Å². The Labute approximate surface area is 155 Å². The van der Waals surface area contributed by atoms with Crippen LogP contribution in [0.4, 0.5) is 0 Å². The summed E-state index contributed by atoms with van der Waals surface area (Å²) in [6.07, 6.45) is 8.22. The largest absolute Gasteiger partial charge is 0.252 e. The Kier molecular flexibility index (Phi) is 5.09. The molecule has 1 atom stereocenters. The lowest BCUT2D eigenvalue weighted by Gasteiger charge is -2.31. The van der Waals surface area contributed by atoms with Crippen LogP contribution < -0.4 is 0 Å².